The summed E-state index contributed by atoms with van der Waals surface area (Å²) in [4.78, 5) is 20.2. The number of benzene rings is 1. The third-order valence-electron chi connectivity index (χ3n) is 3.04. The van der Waals surface area contributed by atoms with Crippen molar-refractivity contribution in [3.63, 3.8) is 0 Å². The molecule has 0 radical (unpaired) electrons. The van der Waals surface area contributed by atoms with E-state index in [1.165, 1.54) is 0 Å². The number of hydrogen-bond acceptors (Lipinski definition) is 4. The molecule has 1 aromatic carbocycles. The number of para-hydroxylation sites is 1. The van der Waals surface area contributed by atoms with Gasteiger partial charge in [0, 0.05) is 17.8 Å². The monoisotopic (exact) mass is 285 g/mol. The van der Waals surface area contributed by atoms with Gasteiger partial charge in [-0.2, -0.15) is 0 Å². The van der Waals surface area contributed by atoms with Crippen LogP contribution in [0.3, 0.4) is 0 Å². The van der Waals surface area contributed by atoms with Crippen molar-refractivity contribution >= 4 is 11.9 Å². The molecule has 0 aliphatic heterocycles. The second-order valence-corrected chi connectivity index (χ2v) is 4.86. The van der Waals surface area contributed by atoms with Crippen LogP contribution in [0, 0.1) is 12.8 Å². The van der Waals surface area contributed by atoms with Gasteiger partial charge < -0.3 is 4.74 Å². The van der Waals surface area contributed by atoms with E-state index in [2.05, 4.69) is 15.3 Å². The highest BCUT2D eigenvalue weighted by molar-refractivity contribution is 5.90. The van der Waals surface area contributed by atoms with Crippen LogP contribution in [-0.4, -0.2) is 22.5 Å². The fourth-order valence-corrected chi connectivity index (χ4v) is 1.74. The van der Waals surface area contributed by atoms with Crippen LogP contribution in [0.4, 0.5) is 5.95 Å². The largest absolute Gasteiger partial charge is 0.494 e. The molecule has 5 heteroatoms. The molecule has 1 aromatic heterocycles. The maximum atomic E-state index is 12.0. The number of ether oxygens (including phenoxy) is 1. The van der Waals surface area contributed by atoms with E-state index in [0.29, 0.717) is 19.0 Å². The van der Waals surface area contributed by atoms with Gasteiger partial charge in [-0.15, -0.1) is 0 Å². The molecule has 110 valence electrons. The molecule has 0 spiro atoms. The summed E-state index contributed by atoms with van der Waals surface area (Å²) in [7, 11) is 0. The lowest BCUT2D eigenvalue weighted by Crippen LogP contribution is -2.23. The Hall–Kier alpha value is -2.43. The Morgan fingerprint density at radius 2 is 2.05 bits per heavy atom. The van der Waals surface area contributed by atoms with Crippen LogP contribution in [0.2, 0.25) is 0 Å². The quantitative estimate of drug-likeness (QED) is 0.886. The van der Waals surface area contributed by atoms with Crippen molar-refractivity contribution in [3.8, 4) is 5.75 Å². The number of nitrogens with zero attached hydrogens (tertiary/aromatic N) is 2. The molecular weight excluding hydrogens is 266 g/mol. The van der Waals surface area contributed by atoms with Gasteiger partial charge in [-0.25, -0.2) is 9.97 Å². The average molecular weight is 285 g/mol. The minimum Gasteiger partial charge on any atom is -0.494 e. The number of anilines is 1. The van der Waals surface area contributed by atoms with Crippen molar-refractivity contribution in [2.75, 3.05) is 11.9 Å². The first kappa shape index (κ1) is 15.0. The smallest absolute Gasteiger partial charge is 0.229 e. The lowest BCUT2D eigenvalue weighted by atomic mass is 10.1. The van der Waals surface area contributed by atoms with E-state index >= 15 is 0 Å². The first-order chi connectivity index (χ1) is 10.1. The average Bonchev–Trinajstić information content (AvgIpc) is 2.48. The van der Waals surface area contributed by atoms with Crippen LogP contribution >= 0.6 is 0 Å². The first-order valence-electron chi connectivity index (χ1n) is 6.93. The second kappa shape index (κ2) is 7.38. The summed E-state index contributed by atoms with van der Waals surface area (Å²) in [6.45, 7) is 4.21. The summed E-state index contributed by atoms with van der Waals surface area (Å²) >= 11 is 0. The van der Waals surface area contributed by atoms with E-state index in [0.717, 1.165) is 11.4 Å². The van der Waals surface area contributed by atoms with Crippen molar-refractivity contribution in [2.24, 2.45) is 5.92 Å². The molecule has 1 atom stereocenters. The van der Waals surface area contributed by atoms with Gasteiger partial charge in [0.2, 0.25) is 11.9 Å². The Kier molecular flexibility index (Phi) is 5.26. The molecule has 0 saturated heterocycles. The number of hydrogen-bond donors (Lipinski definition) is 1. The highest BCUT2D eigenvalue weighted by atomic mass is 16.5. The Morgan fingerprint density at radius 1 is 1.29 bits per heavy atom. The fraction of sp³-hybridized carbons (Fsp3) is 0.312. The van der Waals surface area contributed by atoms with Gasteiger partial charge in [-0.05, 0) is 31.5 Å². The molecule has 0 saturated carbocycles. The van der Waals surface area contributed by atoms with Gasteiger partial charge in [0.25, 0.3) is 0 Å². The number of amides is 1. The summed E-state index contributed by atoms with van der Waals surface area (Å²) in [6, 6.07) is 11.3. The van der Waals surface area contributed by atoms with Crippen molar-refractivity contribution in [2.45, 2.75) is 20.3 Å². The first-order valence-corrected chi connectivity index (χ1v) is 6.93. The zero-order valence-corrected chi connectivity index (χ0v) is 12.2. The molecular formula is C16H19N3O2. The maximum Gasteiger partial charge on any atom is 0.229 e. The Bertz CT molecular complexity index is 587. The zero-order chi connectivity index (χ0) is 15.1. The van der Waals surface area contributed by atoms with Gasteiger partial charge >= 0.3 is 0 Å². The van der Waals surface area contributed by atoms with Gasteiger partial charge in [0.15, 0.2) is 0 Å². The standard InChI is InChI=1S/C16H19N3O2/c1-12(9-11-21-14-6-4-3-5-7-14)15(20)19-16-17-10-8-13(2)18-16/h3-8,10,12H,9,11H2,1-2H3,(H,17,18,19,20)/t12-/m1/s1. The van der Waals surface area contributed by atoms with Gasteiger partial charge in [0.05, 0.1) is 6.61 Å². The molecule has 2 rings (SSSR count). The lowest BCUT2D eigenvalue weighted by Gasteiger charge is -2.12. The zero-order valence-electron chi connectivity index (χ0n) is 12.2. The van der Waals surface area contributed by atoms with Crippen molar-refractivity contribution < 1.29 is 9.53 Å². The van der Waals surface area contributed by atoms with E-state index in [1.807, 2.05) is 44.2 Å². The molecule has 0 aliphatic rings. The van der Waals surface area contributed by atoms with Crippen LogP contribution in [0.1, 0.15) is 19.0 Å². The SMILES string of the molecule is Cc1ccnc(NC(=O)[C@H](C)CCOc2ccccc2)n1. The second-order valence-electron chi connectivity index (χ2n) is 4.86. The summed E-state index contributed by atoms with van der Waals surface area (Å²) < 4.78 is 5.58. The van der Waals surface area contributed by atoms with Crippen LogP contribution in [0.15, 0.2) is 42.6 Å². The minimum absolute atomic E-state index is 0.0998. The molecule has 0 aliphatic carbocycles. The highest BCUT2D eigenvalue weighted by Crippen LogP contribution is 2.11. The van der Waals surface area contributed by atoms with E-state index < -0.39 is 0 Å². The number of carbonyl (C=O) groups is 1. The van der Waals surface area contributed by atoms with E-state index in [1.54, 1.807) is 12.3 Å². The van der Waals surface area contributed by atoms with E-state index in [-0.39, 0.29) is 11.8 Å². The number of carbonyl (C=O) groups excluding carboxylic acids is 1. The summed E-state index contributed by atoms with van der Waals surface area (Å²) in [5, 5.41) is 2.71. The van der Waals surface area contributed by atoms with E-state index in [9.17, 15) is 4.79 Å². The van der Waals surface area contributed by atoms with Gasteiger partial charge in [0.1, 0.15) is 5.75 Å². The van der Waals surface area contributed by atoms with Crippen molar-refractivity contribution in [3.05, 3.63) is 48.3 Å². The third kappa shape index (κ3) is 4.87. The van der Waals surface area contributed by atoms with Crippen LogP contribution in [0.5, 0.6) is 5.75 Å². The normalized spacial score (nSPS) is 11.7. The number of aromatic nitrogens is 2. The molecule has 0 fully saturated rings. The fourth-order valence-electron chi connectivity index (χ4n) is 1.74. The molecule has 0 bridgehead atoms. The Labute approximate surface area is 124 Å². The van der Waals surface area contributed by atoms with Crippen molar-refractivity contribution in [1.82, 2.24) is 9.97 Å². The molecule has 5 nitrogen and oxygen atoms in total. The summed E-state index contributed by atoms with van der Waals surface area (Å²) in [5.41, 5.74) is 0.820. The van der Waals surface area contributed by atoms with Crippen LogP contribution in [0.25, 0.3) is 0 Å². The maximum absolute atomic E-state index is 12.0. The molecule has 0 unspecified atom stereocenters. The third-order valence-corrected chi connectivity index (χ3v) is 3.04. The number of rotatable bonds is 6. The summed E-state index contributed by atoms with van der Waals surface area (Å²) in [5.74, 6) is 0.887. The predicted molar refractivity (Wildman–Crippen MR) is 81.1 cm³/mol. The van der Waals surface area contributed by atoms with Crippen molar-refractivity contribution in [1.29, 1.82) is 0 Å². The Morgan fingerprint density at radius 3 is 2.76 bits per heavy atom. The molecule has 2 aromatic rings. The minimum atomic E-state index is -0.169. The highest BCUT2D eigenvalue weighted by Gasteiger charge is 2.14. The lowest BCUT2D eigenvalue weighted by molar-refractivity contribution is -0.119. The topological polar surface area (TPSA) is 64.1 Å². The summed E-state index contributed by atoms with van der Waals surface area (Å²) in [6.07, 6.45) is 2.26. The Balaban J connectivity index is 1.77. The molecule has 1 heterocycles. The van der Waals surface area contributed by atoms with Gasteiger partial charge in [-0.1, -0.05) is 25.1 Å². The number of nitrogens with one attached hydrogen (secondary N) is 1. The van der Waals surface area contributed by atoms with E-state index in [4.69, 9.17) is 4.74 Å². The molecule has 1 N–H and O–H groups in total. The molecule has 21 heavy (non-hydrogen) atoms. The molecule has 1 amide bonds. The number of aryl methyl sites for hydroxylation is 1. The van der Waals surface area contributed by atoms with Gasteiger partial charge in [-0.3, -0.25) is 10.1 Å². The predicted octanol–water partition coefficient (Wildman–Crippen LogP) is 2.83. The van der Waals surface area contributed by atoms with Crippen LogP contribution < -0.4 is 10.1 Å². The van der Waals surface area contributed by atoms with Crippen LogP contribution in [-0.2, 0) is 4.79 Å².